The molecule has 1 atom stereocenters. The minimum Gasteiger partial charge on any atom is -0.321 e. The molecule has 0 amide bonds. The molecule has 18 heavy (non-hydrogen) atoms. The van der Waals surface area contributed by atoms with Crippen molar-refractivity contribution in [3.63, 3.8) is 0 Å². The highest BCUT2D eigenvalue weighted by Crippen LogP contribution is 2.14. The summed E-state index contributed by atoms with van der Waals surface area (Å²) in [6, 6.07) is 11.7. The van der Waals surface area contributed by atoms with E-state index >= 15 is 0 Å². The van der Waals surface area contributed by atoms with E-state index in [2.05, 4.69) is 27.3 Å². The predicted octanol–water partition coefficient (Wildman–Crippen LogP) is 1.37. The maximum absolute atomic E-state index is 6.19. The van der Waals surface area contributed by atoms with Gasteiger partial charge in [0.2, 0.25) is 0 Å². The fourth-order valence-electron chi connectivity index (χ4n) is 1.98. The molecular formula is C13H13N5. The van der Waals surface area contributed by atoms with Crippen LogP contribution >= 0.6 is 0 Å². The molecule has 1 aromatic carbocycles. The second-order valence-corrected chi connectivity index (χ2v) is 4.16. The van der Waals surface area contributed by atoms with Crippen molar-refractivity contribution in [2.75, 3.05) is 0 Å². The second-order valence-electron chi connectivity index (χ2n) is 4.16. The van der Waals surface area contributed by atoms with Crippen LogP contribution in [0.2, 0.25) is 0 Å². The van der Waals surface area contributed by atoms with Gasteiger partial charge in [-0.1, -0.05) is 30.3 Å². The van der Waals surface area contributed by atoms with Gasteiger partial charge in [0.15, 0.2) is 11.5 Å². The fourth-order valence-corrected chi connectivity index (χ4v) is 1.98. The number of hydrogen-bond acceptors (Lipinski definition) is 4. The monoisotopic (exact) mass is 239 g/mol. The molecule has 0 fully saturated rings. The van der Waals surface area contributed by atoms with Gasteiger partial charge in [0.05, 0.1) is 6.04 Å². The third kappa shape index (κ3) is 1.96. The number of nitrogens with zero attached hydrogens (tertiary/aromatic N) is 4. The highest BCUT2D eigenvalue weighted by molar-refractivity contribution is 5.36. The van der Waals surface area contributed by atoms with E-state index in [0.29, 0.717) is 0 Å². The zero-order valence-corrected chi connectivity index (χ0v) is 9.77. The molecule has 90 valence electrons. The molecule has 0 saturated heterocycles. The Hall–Kier alpha value is -2.27. The summed E-state index contributed by atoms with van der Waals surface area (Å²) in [5, 5.41) is 8.21. The van der Waals surface area contributed by atoms with Crippen molar-refractivity contribution in [2.24, 2.45) is 5.73 Å². The Morgan fingerprint density at radius 1 is 1.11 bits per heavy atom. The summed E-state index contributed by atoms with van der Waals surface area (Å²) in [6.45, 7) is 0. The van der Waals surface area contributed by atoms with Crippen molar-refractivity contribution in [3.05, 3.63) is 60.3 Å². The van der Waals surface area contributed by atoms with Gasteiger partial charge in [0.1, 0.15) is 6.33 Å². The van der Waals surface area contributed by atoms with Crippen molar-refractivity contribution < 1.29 is 0 Å². The Morgan fingerprint density at radius 2 is 1.94 bits per heavy atom. The molecule has 0 bridgehead atoms. The van der Waals surface area contributed by atoms with Gasteiger partial charge in [-0.3, -0.25) is 4.40 Å². The number of hydrogen-bond donors (Lipinski definition) is 1. The van der Waals surface area contributed by atoms with Gasteiger partial charge in [-0.2, -0.15) is 0 Å². The minimum absolute atomic E-state index is 0.188. The Kier molecular flexibility index (Phi) is 2.74. The number of benzene rings is 1. The summed E-state index contributed by atoms with van der Waals surface area (Å²) >= 11 is 0. The van der Waals surface area contributed by atoms with Crippen molar-refractivity contribution >= 4 is 5.65 Å². The zero-order valence-electron chi connectivity index (χ0n) is 9.77. The molecule has 0 aliphatic heterocycles. The van der Waals surface area contributed by atoms with Crippen molar-refractivity contribution in [1.29, 1.82) is 0 Å². The van der Waals surface area contributed by atoms with Gasteiger partial charge in [0, 0.05) is 12.3 Å². The fraction of sp³-hybridized carbons (Fsp3) is 0.154. The van der Waals surface area contributed by atoms with Crippen LogP contribution in [0.25, 0.3) is 5.65 Å². The van der Waals surface area contributed by atoms with E-state index < -0.39 is 0 Å². The van der Waals surface area contributed by atoms with Gasteiger partial charge in [-0.25, -0.2) is 4.98 Å². The molecule has 1 unspecified atom stereocenters. The molecule has 0 spiro atoms. The Morgan fingerprint density at radius 3 is 2.78 bits per heavy atom. The highest BCUT2D eigenvalue weighted by Gasteiger charge is 2.14. The third-order valence-corrected chi connectivity index (χ3v) is 2.87. The molecule has 0 aliphatic rings. The lowest BCUT2D eigenvalue weighted by atomic mass is 10.1. The topological polar surface area (TPSA) is 69.1 Å². The van der Waals surface area contributed by atoms with E-state index in [0.717, 1.165) is 17.9 Å². The summed E-state index contributed by atoms with van der Waals surface area (Å²) in [4.78, 5) is 4.06. The predicted molar refractivity (Wildman–Crippen MR) is 67.9 cm³/mol. The van der Waals surface area contributed by atoms with Crippen LogP contribution in [0, 0.1) is 0 Å². The molecule has 3 aromatic rings. The van der Waals surface area contributed by atoms with E-state index in [1.165, 1.54) is 5.56 Å². The maximum atomic E-state index is 6.19. The summed E-state index contributed by atoms with van der Waals surface area (Å²) in [5.74, 6) is 0.738. The van der Waals surface area contributed by atoms with Crippen LogP contribution < -0.4 is 5.73 Å². The lowest BCUT2D eigenvalue weighted by Gasteiger charge is -2.09. The van der Waals surface area contributed by atoms with E-state index in [1.807, 2.05) is 28.7 Å². The van der Waals surface area contributed by atoms with Crippen LogP contribution in [0.3, 0.4) is 0 Å². The quantitative estimate of drug-likeness (QED) is 0.749. The minimum atomic E-state index is -0.188. The lowest BCUT2D eigenvalue weighted by molar-refractivity contribution is 0.656. The molecule has 0 radical (unpaired) electrons. The number of nitrogens with two attached hydrogens (primary N) is 1. The van der Waals surface area contributed by atoms with Gasteiger partial charge < -0.3 is 5.73 Å². The second kappa shape index (κ2) is 4.54. The van der Waals surface area contributed by atoms with Crippen LogP contribution in [0.4, 0.5) is 0 Å². The molecular weight excluding hydrogens is 226 g/mol. The maximum Gasteiger partial charge on any atom is 0.163 e. The van der Waals surface area contributed by atoms with E-state index in [1.54, 1.807) is 12.5 Å². The number of aromatic nitrogens is 4. The summed E-state index contributed by atoms with van der Waals surface area (Å²) in [5.41, 5.74) is 8.14. The third-order valence-electron chi connectivity index (χ3n) is 2.87. The first-order chi connectivity index (χ1) is 8.84. The first-order valence-electron chi connectivity index (χ1n) is 5.79. The number of fused-ring (bicyclic) bond motifs is 1. The molecule has 2 aromatic heterocycles. The molecule has 0 saturated carbocycles. The first-order valence-corrected chi connectivity index (χ1v) is 5.79. The van der Waals surface area contributed by atoms with E-state index in [-0.39, 0.29) is 6.04 Å². The van der Waals surface area contributed by atoms with Crippen LogP contribution in [-0.2, 0) is 6.42 Å². The zero-order chi connectivity index (χ0) is 12.4. The van der Waals surface area contributed by atoms with Gasteiger partial charge in [0.25, 0.3) is 0 Å². The smallest absolute Gasteiger partial charge is 0.163 e. The average molecular weight is 239 g/mol. The van der Waals surface area contributed by atoms with Crippen LogP contribution in [0.5, 0.6) is 0 Å². The summed E-state index contributed by atoms with van der Waals surface area (Å²) in [7, 11) is 0. The Balaban J connectivity index is 1.90. The molecule has 0 aliphatic carbocycles. The molecule has 5 nitrogen and oxygen atoms in total. The normalized spacial score (nSPS) is 12.7. The SMILES string of the molecule is NC(Cc1ccccc1)c1nnc2ccncn12. The van der Waals surface area contributed by atoms with Crippen molar-refractivity contribution in [3.8, 4) is 0 Å². The molecule has 2 N–H and O–H groups in total. The first kappa shape index (κ1) is 10.9. The molecule has 5 heteroatoms. The largest absolute Gasteiger partial charge is 0.321 e. The van der Waals surface area contributed by atoms with Crippen LogP contribution in [0.15, 0.2) is 48.9 Å². The molecule has 2 heterocycles. The Bertz CT molecular complexity index is 647. The van der Waals surface area contributed by atoms with E-state index in [9.17, 15) is 0 Å². The van der Waals surface area contributed by atoms with E-state index in [4.69, 9.17) is 5.73 Å². The van der Waals surface area contributed by atoms with Crippen molar-refractivity contribution in [1.82, 2.24) is 19.6 Å². The summed E-state index contributed by atoms with van der Waals surface area (Å²) in [6.07, 6.45) is 4.11. The summed E-state index contributed by atoms with van der Waals surface area (Å²) < 4.78 is 1.83. The molecule has 3 rings (SSSR count). The van der Waals surface area contributed by atoms with Crippen molar-refractivity contribution in [2.45, 2.75) is 12.5 Å². The highest BCUT2D eigenvalue weighted by atomic mass is 15.3. The van der Waals surface area contributed by atoms with Gasteiger partial charge >= 0.3 is 0 Å². The van der Waals surface area contributed by atoms with Crippen LogP contribution in [-0.4, -0.2) is 19.6 Å². The van der Waals surface area contributed by atoms with Gasteiger partial charge in [-0.15, -0.1) is 10.2 Å². The Labute approximate surface area is 104 Å². The van der Waals surface area contributed by atoms with Crippen LogP contribution in [0.1, 0.15) is 17.4 Å². The van der Waals surface area contributed by atoms with Gasteiger partial charge in [-0.05, 0) is 12.0 Å². The standard InChI is InChI=1S/C13H13N5/c14-11(8-10-4-2-1-3-5-10)13-17-16-12-6-7-15-9-18(12)13/h1-7,9,11H,8,14H2. The average Bonchev–Trinajstić information content (AvgIpc) is 2.84. The number of rotatable bonds is 3. The lowest BCUT2D eigenvalue weighted by Crippen LogP contribution is -2.16.